The molecule has 19 heavy (non-hydrogen) atoms. The number of amides is 1. The minimum Gasteiger partial charge on any atom is -0.490 e. The van der Waals surface area contributed by atoms with Gasteiger partial charge < -0.3 is 10.1 Å². The molecule has 1 amide bonds. The predicted octanol–water partition coefficient (Wildman–Crippen LogP) is 4.48. The number of alkyl halides is 3. The third kappa shape index (κ3) is 5.09. The lowest BCUT2D eigenvalue weighted by molar-refractivity contribution is -0.115. The van der Waals surface area contributed by atoms with E-state index in [1.165, 1.54) is 0 Å². The summed E-state index contributed by atoms with van der Waals surface area (Å²) in [6, 6.07) is 5.26. The second-order valence-electron chi connectivity index (χ2n) is 4.27. The number of halogens is 3. The SMILES string of the molecule is CCC(C)Oc1ccc(NC(=O)C(Cl)(Cl)Cl)cc1C. The third-order valence-corrected chi connectivity index (χ3v) is 3.11. The average Bonchev–Trinajstić information content (AvgIpc) is 2.31. The van der Waals surface area contributed by atoms with Gasteiger partial charge in [-0.25, -0.2) is 0 Å². The Morgan fingerprint density at radius 1 is 1.42 bits per heavy atom. The lowest BCUT2D eigenvalue weighted by atomic mass is 10.2. The van der Waals surface area contributed by atoms with Gasteiger partial charge in [-0.2, -0.15) is 0 Å². The molecule has 0 bridgehead atoms. The molecular weight excluding hydrogens is 309 g/mol. The topological polar surface area (TPSA) is 38.3 Å². The van der Waals surface area contributed by atoms with Crippen molar-refractivity contribution in [1.82, 2.24) is 0 Å². The van der Waals surface area contributed by atoms with Crippen molar-refractivity contribution in [1.29, 1.82) is 0 Å². The van der Waals surface area contributed by atoms with Crippen LogP contribution in [0.4, 0.5) is 5.69 Å². The number of aryl methyl sites for hydroxylation is 1. The molecule has 0 saturated carbocycles. The van der Waals surface area contributed by atoms with E-state index in [1.807, 2.05) is 13.8 Å². The summed E-state index contributed by atoms with van der Waals surface area (Å²) >= 11 is 16.5. The molecule has 1 aromatic rings. The van der Waals surface area contributed by atoms with E-state index in [2.05, 4.69) is 12.2 Å². The Morgan fingerprint density at radius 2 is 2.05 bits per heavy atom. The highest BCUT2D eigenvalue weighted by Gasteiger charge is 2.30. The van der Waals surface area contributed by atoms with Crippen molar-refractivity contribution in [2.75, 3.05) is 5.32 Å². The Balaban J connectivity index is 2.80. The number of anilines is 1. The number of hydrogen-bond donors (Lipinski definition) is 1. The van der Waals surface area contributed by atoms with Gasteiger partial charge in [0.1, 0.15) is 5.75 Å². The van der Waals surface area contributed by atoms with Crippen LogP contribution in [0.15, 0.2) is 18.2 Å². The highest BCUT2D eigenvalue weighted by atomic mass is 35.6. The van der Waals surface area contributed by atoms with Crippen LogP contribution >= 0.6 is 34.8 Å². The maximum absolute atomic E-state index is 11.5. The van der Waals surface area contributed by atoms with Gasteiger partial charge >= 0.3 is 0 Å². The average molecular weight is 325 g/mol. The first kappa shape index (κ1) is 16.4. The second kappa shape index (κ2) is 6.69. The molecule has 106 valence electrons. The fourth-order valence-corrected chi connectivity index (χ4v) is 1.50. The molecule has 6 heteroatoms. The molecule has 3 nitrogen and oxygen atoms in total. The molecule has 0 saturated heterocycles. The fourth-order valence-electron chi connectivity index (χ4n) is 1.36. The van der Waals surface area contributed by atoms with Crippen LogP contribution in [0.1, 0.15) is 25.8 Å². The van der Waals surface area contributed by atoms with Crippen molar-refractivity contribution in [3.05, 3.63) is 23.8 Å². The molecule has 0 aliphatic heterocycles. The van der Waals surface area contributed by atoms with Crippen molar-refractivity contribution in [2.24, 2.45) is 0 Å². The van der Waals surface area contributed by atoms with Gasteiger partial charge in [0, 0.05) is 5.69 Å². The molecule has 0 spiro atoms. The summed E-state index contributed by atoms with van der Waals surface area (Å²) in [4.78, 5) is 11.5. The maximum atomic E-state index is 11.5. The summed E-state index contributed by atoms with van der Waals surface area (Å²) in [7, 11) is 0. The van der Waals surface area contributed by atoms with Crippen LogP contribution in [-0.2, 0) is 4.79 Å². The first-order chi connectivity index (χ1) is 8.74. The van der Waals surface area contributed by atoms with E-state index >= 15 is 0 Å². The summed E-state index contributed by atoms with van der Waals surface area (Å²) in [5, 5.41) is 2.53. The Bertz CT molecular complexity index is 458. The fraction of sp³-hybridized carbons (Fsp3) is 0.462. The minimum absolute atomic E-state index is 0.139. The lowest BCUT2D eigenvalue weighted by Crippen LogP contribution is -2.26. The number of nitrogens with one attached hydrogen (secondary N) is 1. The lowest BCUT2D eigenvalue weighted by Gasteiger charge is -2.16. The van der Waals surface area contributed by atoms with Gasteiger partial charge in [-0.05, 0) is 44.0 Å². The summed E-state index contributed by atoms with van der Waals surface area (Å²) < 4.78 is 3.76. The maximum Gasteiger partial charge on any atom is 0.276 e. The van der Waals surface area contributed by atoms with E-state index in [0.29, 0.717) is 5.69 Å². The molecule has 0 fully saturated rings. The Labute approximate surface area is 128 Å². The van der Waals surface area contributed by atoms with Gasteiger partial charge in [0.05, 0.1) is 6.10 Å². The Hall–Kier alpha value is -0.640. The number of carbonyl (C=O) groups is 1. The molecule has 1 aromatic carbocycles. The zero-order valence-corrected chi connectivity index (χ0v) is 13.2. The van der Waals surface area contributed by atoms with E-state index in [0.717, 1.165) is 17.7 Å². The van der Waals surface area contributed by atoms with Gasteiger partial charge in [-0.1, -0.05) is 41.7 Å². The zero-order valence-electron chi connectivity index (χ0n) is 11.0. The van der Waals surface area contributed by atoms with Crippen molar-refractivity contribution in [3.8, 4) is 5.75 Å². The van der Waals surface area contributed by atoms with Gasteiger partial charge in [0.15, 0.2) is 0 Å². The minimum atomic E-state index is -1.97. The third-order valence-electron chi connectivity index (χ3n) is 2.59. The number of ether oxygens (including phenoxy) is 1. The van der Waals surface area contributed by atoms with Gasteiger partial charge in [0.25, 0.3) is 9.70 Å². The number of rotatable bonds is 4. The van der Waals surface area contributed by atoms with Crippen molar-refractivity contribution in [3.63, 3.8) is 0 Å². The number of carbonyl (C=O) groups excluding carboxylic acids is 1. The van der Waals surface area contributed by atoms with Crippen molar-refractivity contribution in [2.45, 2.75) is 37.1 Å². The Kier molecular flexibility index (Phi) is 5.78. The molecule has 0 aliphatic carbocycles. The van der Waals surface area contributed by atoms with Crippen molar-refractivity contribution < 1.29 is 9.53 Å². The second-order valence-corrected chi connectivity index (χ2v) is 6.55. The van der Waals surface area contributed by atoms with Crippen molar-refractivity contribution >= 4 is 46.4 Å². The van der Waals surface area contributed by atoms with Crippen LogP contribution in [-0.4, -0.2) is 15.8 Å². The first-order valence-electron chi connectivity index (χ1n) is 5.89. The first-order valence-corrected chi connectivity index (χ1v) is 7.03. The van der Waals surface area contributed by atoms with Crippen LogP contribution in [0.2, 0.25) is 0 Å². The highest BCUT2D eigenvalue weighted by molar-refractivity contribution is 6.76. The number of benzene rings is 1. The normalized spacial score (nSPS) is 12.9. The molecule has 0 aliphatic rings. The summed E-state index contributed by atoms with van der Waals surface area (Å²) in [5.74, 6) is 0.0914. The smallest absolute Gasteiger partial charge is 0.276 e. The molecule has 0 radical (unpaired) electrons. The van der Waals surface area contributed by atoms with Gasteiger partial charge in [-0.15, -0.1) is 0 Å². The molecule has 1 N–H and O–H groups in total. The van der Waals surface area contributed by atoms with Crippen LogP contribution in [0, 0.1) is 6.92 Å². The molecular formula is C13H16Cl3NO2. The largest absolute Gasteiger partial charge is 0.490 e. The van der Waals surface area contributed by atoms with Crippen LogP contribution in [0.25, 0.3) is 0 Å². The highest BCUT2D eigenvalue weighted by Crippen LogP contribution is 2.29. The molecule has 1 atom stereocenters. The van der Waals surface area contributed by atoms with E-state index in [9.17, 15) is 4.79 Å². The molecule has 1 rings (SSSR count). The Morgan fingerprint density at radius 3 is 2.53 bits per heavy atom. The van der Waals surface area contributed by atoms with Gasteiger partial charge in [0.2, 0.25) is 0 Å². The standard InChI is InChI=1S/C13H16Cl3NO2/c1-4-9(3)19-11-6-5-10(7-8(11)2)17-12(18)13(14,15)16/h5-7,9H,4H2,1-3H3,(H,17,18). The van der Waals surface area contributed by atoms with Gasteiger partial charge in [-0.3, -0.25) is 4.79 Å². The zero-order chi connectivity index (χ0) is 14.6. The predicted molar refractivity (Wildman–Crippen MR) is 80.5 cm³/mol. The van der Waals surface area contributed by atoms with Crippen LogP contribution in [0.5, 0.6) is 5.75 Å². The van der Waals surface area contributed by atoms with E-state index in [-0.39, 0.29) is 6.10 Å². The van der Waals surface area contributed by atoms with E-state index < -0.39 is 9.70 Å². The monoisotopic (exact) mass is 323 g/mol. The summed E-state index contributed by atoms with van der Waals surface area (Å²) in [6.07, 6.45) is 1.06. The van der Waals surface area contributed by atoms with Crippen LogP contribution in [0.3, 0.4) is 0 Å². The van der Waals surface area contributed by atoms with Crippen LogP contribution < -0.4 is 10.1 Å². The summed E-state index contributed by atoms with van der Waals surface area (Å²) in [6.45, 7) is 5.94. The quantitative estimate of drug-likeness (QED) is 0.829. The van der Waals surface area contributed by atoms with E-state index in [4.69, 9.17) is 39.5 Å². The molecule has 1 unspecified atom stereocenters. The van der Waals surface area contributed by atoms with E-state index in [1.54, 1.807) is 18.2 Å². The number of hydrogen-bond acceptors (Lipinski definition) is 2. The molecule has 0 heterocycles. The molecule has 0 aromatic heterocycles. The summed E-state index contributed by atoms with van der Waals surface area (Å²) in [5.41, 5.74) is 1.47.